The third kappa shape index (κ3) is 2.66. The molecule has 0 amide bonds. The van der Waals surface area contributed by atoms with Gasteiger partial charge in [-0.1, -0.05) is 19.4 Å². The van der Waals surface area contributed by atoms with Gasteiger partial charge in [0.15, 0.2) is 0 Å². The summed E-state index contributed by atoms with van der Waals surface area (Å²) in [6, 6.07) is 6.76. The fourth-order valence-electron chi connectivity index (χ4n) is 2.24. The highest BCUT2D eigenvalue weighted by Crippen LogP contribution is 2.28. The molecule has 5 heteroatoms. The van der Waals surface area contributed by atoms with E-state index < -0.39 is 11.5 Å². The highest BCUT2D eigenvalue weighted by atomic mass is 16.4. The van der Waals surface area contributed by atoms with Gasteiger partial charge >= 0.3 is 5.97 Å². The molecule has 0 radical (unpaired) electrons. The van der Waals surface area contributed by atoms with Crippen molar-refractivity contribution in [2.45, 2.75) is 32.2 Å². The highest BCUT2D eigenvalue weighted by Gasteiger charge is 2.32. The van der Waals surface area contributed by atoms with Gasteiger partial charge in [-0.25, -0.2) is 9.78 Å². The topological polar surface area (TPSA) is 82.5 Å². The molecule has 1 atom stereocenters. The highest BCUT2D eigenvalue weighted by molar-refractivity contribution is 5.94. The maximum Gasteiger partial charge on any atom is 0.329 e. The van der Waals surface area contributed by atoms with E-state index in [1.54, 1.807) is 31.3 Å². The van der Waals surface area contributed by atoms with Crippen molar-refractivity contribution in [1.82, 2.24) is 4.98 Å². The zero-order chi connectivity index (χ0) is 14.8. The molecule has 3 N–H and O–H groups in total. The number of fused-ring (bicyclic) bond motifs is 1. The van der Waals surface area contributed by atoms with E-state index in [-0.39, 0.29) is 5.75 Å². The van der Waals surface area contributed by atoms with Gasteiger partial charge in [0.25, 0.3) is 0 Å². The number of benzene rings is 1. The van der Waals surface area contributed by atoms with Crippen LogP contribution in [-0.2, 0) is 4.79 Å². The van der Waals surface area contributed by atoms with Crippen molar-refractivity contribution in [2.75, 3.05) is 5.32 Å². The molecule has 1 unspecified atom stereocenters. The van der Waals surface area contributed by atoms with E-state index in [4.69, 9.17) is 0 Å². The lowest BCUT2D eigenvalue weighted by molar-refractivity contribution is -0.142. The Morgan fingerprint density at radius 1 is 1.40 bits per heavy atom. The molecule has 0 saturated carbocycles. The number of hydrogen-bond donors (Lipinski definition) is 3. The van der Waals surface area contributed by atoms with Gasteiger partial charge in [0.05, 0.1) is 0 Å². The van der Waals surface area contributed by atoms with Gasteiger partial charge in [0, 0.05) is 11.6 Å². The minimum atomic E-state index is -1.08. The van der Waals surface area contributed by atoms with Gasteiger partial charge in [-0.15, -0.1) is 0 Å². The second-order valence-corrected chi connectivity index (χ2v) is 5.08. The lowest BCUT2D eigenvalue weighted by Gasteiger charge is -2.27. The van der Waals surface area contributed by atoms with Crippen molar-refractivity contribution in [3.8, 4) is 5.75 Å². The number of carboxylic acids is 1. The van der Waals surface area contributed by atoms with Crippen molar-refractivity contribution in [3.63, 3.8) is 0 Å². The summed E-state index contributed by atoms with van der Waals surface area (Å²) < 4.78 is 0. The normalized spacial score (nSPS) is 13.9. The minimum absolute atomic E-state index is 0.126. The molecule has 1 aromatic heterocycles. The van der Waals surface area contributed by atoms with Gasteiger partial charge < -0.3 is 15.5 Å². The summed E-state index contributed by atoms with van der Waals surface area (Å²) in [4.78, 5) is 15.7. The Kier molecular flexibility index (Phi) is 3.79. The summed E-state index contributed by atoms with van der Waals surface area (Å²) in [5.41, 5.74) is -1.08. The number of phenolic OH excluding ortho intramolecular Hbond substituents is 1. The van der Waals surface area contributed by atoms with Crippen LogP contribution in [0.15, 0.2) is 30.5 Å². The van der Waals surface area contributed by atoms with Gasteiger partial charge in [0.1, 0.15) is 17.1 Å². The van der Waals surface area contributed by atoms with Crippen molar-refractivity contribution in [2.24, 2.45) is 0 Å². The summed E-state index contributed by atoms with van der Waals surface area (Å²) >= 11 is 0. The fourth-order valence-corrected chi connectivity index (χ4v) is 2.24. The van der Waals surface area contributed by atoms with Crippen molar-refractivity contribution in [1.29, 1.82) is 0 Å². The molecule has 1 aromatic carbocycles. The van der Waals surface area contributed by atoms with Crippen LogP contribution in [-0.4, -0.2) is 26.7 Å². The van der Waals surface area contributed by atoms with E-state index in [2.05, 4.69) is 10.3 Å². The van der Waals surface area contributed by atoms with E-state index in [9.17, 15) is 15.0 Å². The van der Waals surface area contributed by atoms with E-state index >= 15 is 0 Å². The Morgan fingerprint density at radius 2 is 2.15 bits per heavy atom. The first-order chi connectivity index (χ1) is 9.46. The summed E-state index contributed by atoms with van der Waals surface area (Å²) in [5, 5.41) is 23.6. The van der Waals surface area contributed by atoms with Crippen molar-refractivity contribution in [3.05, 3.63) is 30.5 Å². The molecule has 0 fully saturated rings. The van der Waals surface area contributed by atoms with Crippen LogP contribution in [0.25, 0.3) is 10.8 Å². The average molecular weight is 274 g/mol. The van der Waals surface area contributed by atoms with Crippen LogP contribution in [0, 0.1) is 0 Å². The molecule has 5 nitrogen and oxygen atoms in total. The number of carboxylic acid groups (broad SMARTS) is 1. The first-order valence-corrected chi connectivity index (χ1v) is 6.55. The number of aromatic nitrogens is 1. The van der Waals surface area contributed by atoms with E-state index in [1.807, 2.05) is 13.0 Å². The first kappa shape index (κ1) is 14.1. The summed E-state index contributed by atoms with van der Waals surface area (Å²) in [6.45, 7) is 3.58. The second kappa shape index (κ2) is 5.36. The SMILES string of the molecule is CCCC(C)(Nc1nccc2ccc(O)cc12)C(=O)O. The quantitative estimate of drug-likeness (QED) is 0.780. The average Bonchev–Trinajstić information content (AvgIpc) is 2.39. The lowest BCUT2D eigenvalue weighted by Crippen LogP contribution is -2.43. The van der Waals surface area contributed by atoms with Crippen molar-refractivity contribution < 1.29 is 15.0 Å². The second-order valence-electron chi connectivity index (χ2n) is 5.08. The van der Waals surface area contributed by atoms with Gasteiger partial charge in [-0.2, -0.15) is 0 Å². The molecule has 2 rings (SSSR count). The molecule has 0 bridgehead atoms. The standard InChI is InChI=1S/C15H18N2O3/c1-3-7-15(2,14(19)20)17-13-12-9-11(18)5-4-10(12)6-8-16-13/h4-6,8-9,18H,3,7H2,1-2H3,(H,16,17)(H,19,20). The molecule has 0 saturated heterocycles. The number of nitrogens with zero attached hydrogens (tertiary/aromatic N) is 1. The Balaban J connectivity index is 2.47. The van der Waals surface area contributed by atoms with Crippen molar-refractivity contribution >= 4 is 22.6 Å². The number of aliphatic carboxylic acids is 1. The Hall–Kier alpha value is -2.30. The summed E-state index contributed by atoms with van der Waals surface area (Å²) in [6.07, 6.45) is 2.85. The lowest BCUT2D eigenvalue weighted by atomic mass is 9.96. The summed E-state index contributed by atoms with van der Waals surface area (Å²) in [5.74, 6) is -0.323. The fraction of sp³-hybridized carbons (Fsp3) is 0.333. The van der Waals surface area contributed by atoms with Crippen LogP contribution in [0.1, 0.15) is 26.7 Å². The number of rotatable bonds is 5. The number of hydrogen-bond acceptors (Lipinski definition) is 4. The van der Waals surface area contributed by atoms with E-state index in [1.165, 1.54) is 0 Å². The maximum absolute atomic E-state index is 11.5. The van der Waals surface area contributed by atoms with Gasteiger partial charge in [-0.3, -0.25) is 0 Å². The molecule has 2 aromatic rings. The number of pyridine rings is 1. The van der Waals surface area contributed by atoms with Gasteiger partial charge in [-0.05, 0) is 36.9 Å². The van der Waals surface area contributed by atoms with E-state index in [0.717, 1.165) is 11.8 Å². The molecule has 20 heavy (non-hydrogen) atoms. The monoisotopic (exact) mass is 274 g/mol. The number of phenols is 1. The molecule has 1 heterocycles. The third-order valence-corrected chi connectivity index (χ3v) is 3.37. The first-order valence-electron chi connectivity index (χ1n) is 6.55. The Bertz CT molecular complexity index is 642. The number of carbonyl (C=O) groups is 1. The Labute approximate surface area is 117 Å². The smallest absolute Gasteiger partial charge is 0.329 e. The minimum Gasteiger partial charge on any atom is -0.508 e. The van der Waals surface area contributed by atoms with Crippen LogP contribution < -0.4 is 5.32 Å². The molecule has 0 spiro atoms. The molecular weight excluding hydrogens is 256 g/mol. The molecular formula is C15H18N2O3. The van der Waals surface area contributed by atoms with Crippen LogP contribution in [0.2, 0.25) is 0 Å². The number of aromatic hydroxyl groups is 1. The molecule has 106 valence electrons. The van der Waals surface area contributed by atoms with Crippen LogP contribution >= 0.6 is 0 Å². The Morgan fingerprint density at radius 3 is 2.80 bits per heavy atom. The molecule has 0 aliphatic rings. The zero-order valence-electron chi connectivity index (χ0n) is 11.6. The predicted octanol–water partition coefficient (Wildman–Crippen LogP) is 3.00. The number of nitrogens with one attached hydrogen (secondary N) is 1. The van der Waals surface area contributed by atoms with E-state index in [0.29, 0.717) is 17.6 Å². The predicted molar refractivity (Wildman–Crippen MR) is 78.0 cm³/mol. The van der Waals surface area contributed by atoms with Crippen LogP contribution in [0.4, 0.5) is 5.82 Å². The zero-order valence-corrected chi connectivity index (χ0v) is 11.6. The molecule has 0 aliphatic carbocycles. The third-order valence-electron chi connectivity index (χ3n) is 3.37. The molecule has 0 aliphatic heterocycles. The van der Waals surface area contributed by atoms with Crippen LogP contribution in [0.3, 0.4) is 0 Å². The van der Waals surface area contributed by atoms with Crippen LogP contribution in [0.5, 0.6) is 5.75 Å². The summed E-state index contributed by atoms with van der Waals surface area (Å²) in [7, 11) is 0. The maximum atomic E-state index is 11.5. The largest absolute Gasteiger partial charge is 0.508 e. The van der Waals surface area contributed by atoms with Gasteiger partial charge in [0.2, 0.25) is 0 Å². The number of anilines is 1.